The lowest BCUT2D eigenvalue weighted by atomic mass is 9.87. The highest BCUT2D eigenvalue weighted by Crippen LogP contribution is 2.25. The topological polar surface area (TPSA) is 46.5 Å². The van der Waals surface area contributed by atoms with Crippen molar-refractivity contribution < 1.29 is 14.6 Å². The minimum atomic E-state index is -0.199. The molecule has 0 atom stereocenters. The first kappa shape index (κ1) is 11.5. The molecule has 0 aromatic rings. The zero-order chi connectivity index (χ0) is 10.4. The fourth-order valence-corrected chi connectivity index (χ4v) is 1.75. The van der Waals surface area contributed by atoms with E-state index in [0.717, 1.165) is 38.5 Å². The van der Waals surface area contributed by atoms with Crippen LogP contribution in [0, 0.1) is 5.92 Å². The van der Waals surface area contributed by atoms with Crippen LogP contribution in [0.3, 0.4) is 0 Å². The number of carbonyl (C=O) groups excluding carboxylic acids is 1. The predicted octanol–water partition coefficient (Wildman–Crippen LogP) is 1.88. The molecular weight excluding hydrogens is 180 g/mol. The Balaban J connectivity index is 2.17. The average Bonchev–Trinajstić information content (AvgIpc) is 2.19. The Kier molecular flexibility index (Phi) is 4.94. The van der Waals surface area contributed by atoms with Crippen LogP contribution in [0.25, 0.3) is 0 Å². The van der Waals surface area contributed by atoms with E-state index < -0.39 is 0 Å². The molecule has 3 heteroatoms. The van der Waals surface area contributed by atoms with Gasteiger partial charge in [-0.1, -0.05) is 13.3 Å². The first-order chi connectivity index (χ1) is 6.74. The second kappa shape index (κ2) is 6.02. The molecule has 0 unspecified atom stereocenters. The van der Waals surface area contributed by atoms with Gasteiger partial charge in [-0.25, -0.2) is 0 Å². The lowest BCUT2D eigenvalue weighted by molar-refractivity contribution is -0.150. The highest BCUT2D eigenvalue weighted by Gasteiger charge is 2.25. The third kappa shape index (κ3) is 3.66. The first-order valence-corrected chi connectivity index (χ1v) is 5.58. The molecule has 0 radical (unpaired) electrons. The minimum absolute atomic E-state index is 0.0373. The molecule has 14 heavy (non-hydrogen) atoms. The number of aliphatic hydroxyl groups is 1. The Hall–Kier alpha value is -0.570. The van der Waals surface area contributed by atoms with E-state index in [1.165, 1.54) is 0 Å². The van der Waals surface area contributed by atoms with Crippen LogP contribution in [0.1, 0.15) is 45.4 Å². The van der Waals surface area contributed by atoms with E-state index in [1.54, 1.807) is 0 Å². The third-order valence-electron chi connectivity index (χ3n) is 2.77. The van der Waals surface area contributed by atoms with E-state index in [2.05, 4.69) is 6.92 Å². The number of carbonyl (C=O) groups is 1. The predicted molar refractivity (Wildman–Crippen MR) is 53.8 cm³/mol. The Bertz CT molecular complexity index is 171. The van der Waals surface area contributed by atoms with E-state index in [-0.39, 0.29) is 18.0 Å². The highest BCUT2D eigenvalue weighted by molar-refractivity contribution is 5.72. The maximum atomic E-state index is 11.5. The van der Waals surface area contributed by atoms with Crippen molar-refractivity contribution in [2.75, 3.05) is 6.61 Å². The Morgan fingerprint density at radius 1 is 1.36 bits per heavy atom. The molecule has 0 aromatic carbocycles. The van der Waals surface area contributed by atoms with Gasteiger partial charge in [-0.3, -0.25) is 4.79 Å². The van der Waals surface area contributed by atoms with Gasteiger partial charge in [0.15, 0.2) is 0 Å². The van der Waals surface area contributed by atoms with E-state index in [0.29, 0.717) is 6.61 Å². The van der Waals surface area contributed by atoms with Crippen LogP contribution in [0.5, 0.6) is 0 Å². The number of hydrogen-bond acceptors (Lipinski definition) is 3. The van der Waals surface area contributed by atoms with Gasteiger partial charge < -0.3 is 9.84 Å². The lowest BCUT2D eigenvalue weighted by Gasteiger charge is -2.23. The monoisotopic (exact) mass is 200 g/mol. The molecule has 0 amide bonds. The Labute approximate surface area is 85.5 Å². The van der Waals surface area contributed by atoms with Gasteiger partial charge in [-0.2, -0.15) is 0 Å². The van der Waals surface area contributed by atoms with Crippen molar-refractivity contribution in [2.45, 2.75) is 51.6 Å². The number of aliphatic hydroxyl groups excluding tert-OH is 1. The molecule has 0 saturated heterocycles. The summed E-state index contributed by atoms with van der Waals surface area (Å²) in [7, 11) is 0. The van der Waals surface area contributed by atoms with Gasteiger partial charge in [0.25, 0.3) is 0 Å². The largest absolute Gasteiger partial charge is 0.465 e. The third-order valence-corrected chi connectivity index (χ3v) is 2.77. The fourth-order valence-electron chi connectivity index (χ4n) is 1.75. The van der Waals surface area contributed by atoms with E-state index in [4.69, 9.17) is 4.74 Å². The number of esters is 1. The van der Waals surface area contributed by atoms with Crippen molar-refractivity contribution in [1.82, 2.24) is 0 Å². The van der Waals surface area contributed by atoms with Crippen molar-refractivity contribution in [3.05, 3.63) is 0 Å². The summed E-state index contributed by atoms with van der Waals surface area (Å²) in [5.41, 5.74) is 0. The van der Waals surface area contributed by atoms with Crippen LogP contribution in [0.2, 0.25) is 0 Å². The summed E-state index contributed by atoms with van der Waals surface area (Å²) in [5, 5.41) is 9.27. The van der Waals surface area contributed by atoms with Gasteiger partial charge >= 0.3 is 5.97 Å². The number of unbranched alkanes of at least 4 members (excludes halogenated alkanes) is 1. The Morgan fingerprint density at radius 3 is 2.57 bits per heavy atom. The summed E-state index contributed by atoms with van der Waals surface area (Å²) in [6.45, 7) is 2.62. The first-order valence-electron chi connectivity index (χ1n) is 5.58. The zero-order valence-corrected chi connectivity index (χ0v) is 8.87. The van der Waals surface area contributed by atoms with Crippen molar-refractivity contribution in [1.29, 1.82) is 0 Å². The summed E-state index contributed by atoms with van der Waals surface area (Å²) < 4.78 is 5.14. The van der Waals surface area contributed by atoms with Crippen LogP contribution in [0.4, 0.5) is 0 Å². The molecule has 0 aromatic heterocycles. The van der Waals surface area contributed by atoms with Crippen molar-refractivity contribution in [2.24, 2.45) is 5.92 Å². The average molecular weight is 200 g/mol. The molecule has 3 nitrogen and oxygen atoms in total. The zero-order valence-electron chi connectivity index (χ0n) is 8.87. The summed E-state index contributed by atoms with van der Waals surface area (Å²) in [6, 6.07) is 0. The van der Waals surface area contributed by atoms with Gasteiger partial charge in [0.1, 0.15) is 0 Å². The van der Waals surface area contributed by atoms with Crippen LogP contribution < -0.4 is 0 Å². The summed E-state index contributed by atoms with van der Waals surface area (Å²) >= 11 is 0. The molecule has 1 N–H and O–H groups in total. The molecule has 1 saturated carbocycles. The molecule has 0 bridgehead atoms. The summed E-state index contributed by atoms with van der Waals surface area (Å²) in [6.07, 6.45) is 4.85. The molecule has 1 aliphatic carbocycles. The summed E-state index contributed by atoms with van der Waals surface area (Å²) in [5.74, 6) is -0.0272. The molecule has 82 valence electrons. The van der Waals surface area contributed by atoms with E-state index >= 15 is 0 Å². The van der Waals surface area contributed by atoms with Gasteiger partial charge in [0, 0.05) is 0 Å². The van der Waals surface area contributed by atoms with E-state index in [9.17, 15) is 9.90 Å². The smallest absolute Gasteiger partial charge is 0.308 e. The number of ether oxygens (including phenoxy) is 1. The van der Waals surface area contributed by atoms with Gasteiger partial charge in [0.2, 0.25) is 0 Å². The molecule has 1 aliphatic rings. The molecular formula is C11H20O3. The molecule has 1 fully saturated rings. The number of hydrogen-bond donors (Lipinski definition) is 1. The number of rotatable bonds is 4. The maximum Gasteiger partial charge on any atom is 0.308 e. The molecule has 0 spiro atoms. The SMILES string of the molecule is CCCCOC(=O)C1CCC(O)CC1. The molecule has 0 heterocycles. The second-order valence-corrected chi connectivity index (χ2v) is 4.03. The normalized spacial score (nSPS) is 27.3. The van der Waals surface area contributed by atoms with Crippen molar-refractivity contribution >= 4 is 5.97 Å². The van der Waals surface area contributed by atoms with Crippen LogP contribution in [-0.4, -0.2) is 23.8 Å². The molecule has 0 aliphatic heterocycles. The van der Waals surface area contributed by atoms with Gasteiger partial charge in [-0.15, -0.1) is 0 Å². The minimum Gasteiger partial charge on any atom is -0.465 e. The van der Waals surface area contributed by atoms with Crippen LogP contribution >= 0.6 is 0 Å². The second-order valence-electron chi connectivity index (χ2n) is 4.03. The quantitative estimate of drug-likeness (QED) is 0.556. The lowest BCUT2D eigenvalue weighted by Crippen LogP contribution is -2.26. The van der Waals surface area contributed by atoms with Crippen LogP contribution in [-0.2, 0) is 9.53 Å². The fraction of sp³-hybridized carbons (Fsp3) is 0.909. The van der Waals surface area contributed by atoms with Crippen molar-refractivity contribution in [3.8, 4) is 0 Å². The van der Waals surface area contributed by atoms with Gasteiger partial charge in [0.05, 0.1) is 18.6 Å². The standard InChI is InChI=1S/C11H20O3/c1-2-3-8-14-11(13)9-4-6-10(12)7-5-9/h9-10,12H,2-8H2,1H3. The molecule has 1 rings (SSSR count). The van der Waals surface area contributed by atoms with Crippen molar-refractivity contribution in [3.63, 3.8) is 0 Å². The van der Waals surface area contributed by atoms with E-state index in [1.807, 2.05) is 0 Å². The summed E-state index contributed by atoms with van der Waals surface area (Å²) in [4.78, 5) is 11.5. The highest BCUT2D eigenvalue weighted by atomic mass is 16.5. The Morgan fingerprint density at radius 2 is 2.00 bits per heavy atom. The van der Waals surface area contributed by atoms with Gasteiger partial charge in [-0.05, 0) is 32.1 Å². The maximum absolute atomic E-state index is 11.5. The van der Waals surface area contributed by atoms with Crippen LogP contribution in [0.15, 0.2) is 0 Å².